The van der Waals surface area contributed by atoms with Crippen molar-refractivity contribution in [3.05, 3.63) is 95.3 Å². The third-order valence-corrected chi connectivity index (χ3v) is 3.94. The number of ketones is 1. The molecule has 128 valence electrons. The quantitative estimate of drug-likeness (QED) is 0.656. The van der Waals surface area contributed by atoms with Gasteiger partial charge < -0.3 is 9.47 Å². The molecule has 0 spiro atoms. The van der Waals surface area contributed by atoms with Crippen molar-refractivity contribution in [3.63, 3.8) is 0 Å². The Hall–Kier alpha value is -3.47. The summed E-state index contributed by atoms with van der Waals surface area (Å²) >= 11 is 0. The molecule has 0 atom stereocenters. The molecule has 0 N–H and O–H groups in total. The van der Waals surface area contributed by atoms with Crippen molar-refractivity contribution in [2.24, 2.45) is 0 Å². The number of rotatable bonds is 4. The molecule has 0 radical (unpaired) electrons. The van der Waals surface area contributed by atoms with Gasteiger partial charge in [-0.05, 0) is 47.5 Å². The Bertz CT molecular complexity index is 982. The van der Waals surface area contributed by atoms with Crippen molar-refractivity contribution < 1.29 is 18.7 Å². The zero-order valence-corrected chi connectivity index (χ0v) is 13.7. The van der Waals surface area contributed by atoms with E-state index in [1.54, 1.807) is 54.9 Å². The Kier molecular flexibility index (Phi) is 4.19. The summed E-state index contributed by atoms with van der Waals surface area (Å²) in [6.07, 6.45) is 4.98. The molecule has 5 heteroatoms. The van der Waals surface area contributed by atoms with Crippen LogP contribution in [0, 0.1) is 5.82 Å². The largest absolute Gasteiger partial charge is 0.489 e. The second-order valence-corrected chi connectivity index (χ2v) is 5.80. The number of fused-ring (bicyclic) bond motifs is 1. The Morgan fingerprint density at radius 3 is 2.73 bits per heavy atom. The normalized spacial score (nSPS) is 14.2. The number of carbonyl (C=O) groups excluding carboxylic acids is 1. The summed E-state index contributed by atoms with van der Waals surface area (Å²) in [5.41, 5.74) is 2.13. The van der Waals surface area contributed by atoms with Crippen LogP contribution in [0.2, 0.25) is 0 Å². The van der Waals surface area contributed by atoms with E-state index in [0.717, 1.165) is 11.1 Å². The van der Waals surface area contributed by atoms with E-state index in [9.17, 15) is 9.18 Å². The van der Waals surface area contributed by atoms with Gasteiger partial charge in [-0.3, -0.25) is 9.78 Å². The molecule has 0 saturated heterocycles. The number of ether oxygens (including phenoxy) is 2. The average Bonchev–Trinajstić information content (AvgIpc) is 2.97. The smallest absolute Gasteiger partial charge is 0.231 e. The number of Topliss-reactive ketones (excluding diaryl/α,β-unsaturated/α-hetero) is 1. The topological polar surface area (TPSA) is 48.4 Å². The number of hydrogen-bond acceptors (Lipinski definition) is 4. The molecule has 1 aromatic heterocycles. The van der Waals surface area contributed by atoms with Crippen LogP contribution >= 0.6 is 0 Å². The summed E-state index contributed by atoms with van der Waals surface area (Å²) in [4.78, 5) is 16.5. The minimum absolute atomic E-state index is 0.172. The summed E-state index contributed by atoms with van der Waals surface area (Å²) in [7, 11) is 0. The number of carbonyl (C=O) groups is 1. The molecule has 1 aliphatic rings. The highest BCUT2D eigenvalue weighted by Crippen LogP contribution is 2.35. The zero-order valence-electron chi connectivity index (χ0n) is 13.7. The number of nitrogens with zero attached hydrogens (tertiary/aromatic N) is 1. The molecule has 26 heavy (non-hydrogen) atoms. The van der Waals surface area contributed by atoms with Crippen LogP contribution in [0.5, 0.6) is 11.5 Å². The highest BCUT2D eigenvalue weighted by molar-refractivity contribution is 6.14. The van der Waals surface area contributed by atoms with Crippen LogP contribution in [0.3, 0.4) is 0 Å². The Morgan fingerprint density at radius 2 is 1.96 bits per heavy atom. The maximum atomic E-state index is 12.9. The van der Waals surface area contributed by atoms with Crippen molar-refractivity contribution in [1.29, 1.82) is 0 Å². The maximum Gasteiger partial charge on any atom is 0.231 e. The van der Waals surface area contributed by atoms with Gasteiger partial charge in [0.15, 0.2) is 5.76 Å². The van der Waals surface area contributed by atoms with Crippen molar-refractivity contribution in [1.82, 2.24) is 4.98 Å². The number of hydrogen-bond donors (Lipinski definition) is 0. The summed E-state index contributed by atoms with van der Waals surface area (Å²) < 4.78 is 24.3. The predicted octanol–water partition coefficient (Wildman–Crippen LogP) is 4.42. The van der Waals surface area contributed by atoms with Crippen LogP contribution in [0.25, 0.3) is 6.08 Å². The first-order valence-electron chi connectivity index (χ1n) is 8.04. The standard InChI is InChI=1S/C21H14FNO3/c22-16-5-3-14(4-6-16)13-25-17-7-8-18-19(11-17)26-20(21(18)24)10-15-2-1-9-23-12-15/h1-12H,13H2. The molecule has 0 bridgehead atoms. The van der Waals surface area contributed by atoms with Crippen molar-refractivity contribution >= 4 is 11.9 Å². The van der Waals surface area contributed by atoms with Crippen LogP contribution in [0.15, 0.2) is 72.8 Å². The van der Waals surface area contributed by atoms with E-state index in [1.165, 1.54) is 12.1 Å². The number of aromatic nitrogens is 1. The molecule has 3 aromatic rings. The molecule has 0 saturated carbocycles. The zero-order chi connectivity index (χ0) is 17.9. The lowest BCUT2D eigenvalue weighted by atomic mass is 10.1. The summed E-state index contributed by atoms with van der Waals surface area (Å²) in [5.74, 6) is 0.828. The average molecular weight is 347 g/mol. The van der Waals surface area contributed by atoms with Gasteiger partial charge in [-0.15, -0.1) is 0 Å². The molecular formula is C21H14FNO3. The van der Waals surface area contributed by atoms with Gasteiger partial charge in [-0.1, -0.05) is 18.2 Å². The minimum atomic E-state index is -0.286. The van der Waals surface area contributed by atoms with Crippen LogP contribution in [0.1, 0.15) is 21.5 Å². The second kappa shape index (κ2) is 6.80. The van der Waals surface area contributed by atoms with Gasteiger partial charge in [0.1, 0.15) is 23.9 Å². The lowest BCUT2D eigenvalue weighted by Crippen LogP contribution is -1.98. The highest BCUT2D eigenvalue weighted by atomic mass is 19.1. The van der Waals surface area contributed by atoms with Gasteiger partial charge in [0.2, 0.25) is 5.78 Å². The van der Waals surface area contributed by atoms with Gasteiger partial charge in [0.25, 0.3) is 0 Å². The van der Waals surface area contributed by atoms with E-state index in [0.29, 0.717) is 23.7 Å². The molecule has 2 heterocycles. The van der Waals surface area contributed by atoms with Gasteiger partial charge in [-0.2, -0.15) is 0 Å². The van der Waals surface area contributed by atoms with E-state index in [4.69, 9.17) is 9.47 Å². The molecule has 2 aromatic carbocycles. The second-order valence-electron chi connectivity index (χ2n) is 5.80. The predicted molar refractivity (Wildman–Crippen MR) is 94.3 cm³/mol. The first-order chi connectivity index (χ1) is 12.7. The molecule has 0 fully saturated rings. The van der Waals surface area contributed by atoms with Gasteiger partial charge >= 0.3 is 0 Å². The Morgan fingerprint density at radius 1 is 1.12 bits per heavy atom. The van der Waals surface area contributed by atoms with E-state index >= 15 is 0 Å². The summed E-state index contributed by atoms with van der Waals surface area (Å²) in [6.45, 7) is 0.297. The molecule has 1 aliphatic heterocycles. The van der Waals surface area contributed by atoms with Gasteiger partial charge in [0.05, 0.1) is 5.56 Å². The summed E-state index contributed by atoms with van der Waals surface area (Å²) in [5, 5.41) is 0. The first kappa shape index (κ1) is 16.0. The van der Waals surface area contributed by atoms with Crippen LogP contribution in [-0.4, -0.2) is 10.8 Å². The van der Waals surface area contributed by atoms with E-state index < -0.39 is 0 Å². The molecular weight excluding hydrogens is 333 g/mol. The van der Waals surface area contributed by atoms with E-state index in [-0.39, 0.29) is 17.4 Å². The van der Waals surface area contributed by atoms with E-state index in [2.05, 4.69) is 4.98 Å². The minimum Gasteiger partial charge on any atom is -0.489 e. The lowest BCUT2D eigenvalue weighted by molar-refractivity contribution is 0.101. The fourth-order valence-corrected chi connectivity index (χ4v) is 2.62. The van der Waals surface area contributed by atoms with Gasteiger partial charge in [-0.25, -0.2) is 4.39 Å². The van der Waals surface area contributed by atoms with Crippen LogP contribution in [-0.2, 0) is 6.61 Å². The van der Waals surface area contributed by atoms with Gasteiger partial charge in [0, 0.05) is 18.5 Å². The lowest BCUT2D eigenvalue weighted by Gasteiger charge is -2.07. The number of halogens is 1. The highest BCUT2D eigenvalue weighted by Gasteiger charge is 2.27. The number of allylic oxidation sites excluding steroid dienone is 1. The van der Waals surface area contributed by atoms with Crippen LogP contribution < -0.4 is 9.47 Å². The molecule has 0 aliphatic carbocycles. The number of benzene rings is 2. The first-order valence-corrected chi connectivity index (χ1v) is 8.04. The molecule has 0 amide bonds. The molecule has 4 rings (SSSR count). The fourth-order valence-electron chi connectivity index (χ4n) is 2.62. The number of pyridine rings is 1. The SMILES string of the molecule is O=C1C(=Cc2cccnc2)Oc2cc(OCc3ccc(F)cc3)ccc21. The molecule has 0 unspecified atom stereocenters. The fraction of sp³-hybridized carbons (Fsp3) is 0.0476. The van der Waals surface area contributed by atoms with Crippen molar-refractivity contribution in [3.8, 4) is 11.5 Å². The van der Waals surface area contributed by atoms with Crippen molar-refractivity contribution in [2.75, 3.05) is 0 Å². The van der Waals surface area contributed by atoms with Crippen LogP contribution in [0.4, 0.5) is 4.39 Å². The third kappa shape index (κ3) is 3.32. The Labute approximate surface area is 149 Å². The Balaban J connectivity index is 1.50. The van der Waals surface area contributed by atoms with E-state index in [1.807, 2.05) is 6.07 Å². The third-order valence-electron chi connectivity index (χ3n) is 3.94. The van der Waals surface area contributed by atoms with Crippen molar-refractivity contribution in [2.45, 2.75) is 6.61 Å². The maximum absolute atomic E-state index is 12.9. The molecule has 4 nitrogen and oxygen atoms in total. The monoisotopic (exact) mass is 347 g/mol. The summed E-state index contributed by atoms with van der Waals surface area (Å²) in [6, 6.07) is 14.8.